The van der Waals surface area contributed by atoms with Gasteiger partial charge in [-0.2, -0.15) is 0 Å². The summed E-state index contributed by atoms with van der Waals surface area (Å²) in [7, 11) is -3.62. The maximum Gasteiger partial charge on any atom is 0.241 e. The Kier molecular flexibility index (Phi) is 6.03. The number of nitrogens with zero attached hydrogens (tertiary/aromatic N) is 1. The summed E-state index contributed by atoms with van der Waals surface area (Å²) < 4.78 is 33.4. The first-order valence-electron chi connectivity index (χ1n) is 7.71. The number of hydrogen-bond acceptors (Lipinski definition) is 5. The summed E-state index contributed by atoms with van der Waals surface area (Å²) in [5.74, 6) is 0.441. The molecule has 1 aliphatic heterocycles. The number of halogens is 1. The third-order valence-electron chi connectivity index (χ3n) is 4.25. The van der Waals surface area contributed by atoms with E-state index in [2.05, 4.69) is 22.1 Å². The minimum absolute atomic E-state index is 0. The Morgan fingerprint density at radius 2 is 2.12 bits per heavy atom. The van der Waals surface area contributed by atoms with E-state index < -0.39 is 10.0 Å². The highest BCUT2D eigenvalue weighted by atomic mass is 35.5. The molecule has 1 atom stereocenters. The van der Waals surface area contributed by atoms with E-state index in [-0.39, 0.29) is 22.7 Å². The number of sulfonamides is 1. The van der Waals surface area contributed by atoms with Crippen LogP contribution < -0.4 is 10.0 Å². The summed E-state index contributed by atoms with van der Waals surface area (Å²) in [6, 6.07) is 8.45. The zero-order chi connectivity index (χ0) is 16.3. The third-order valence-corrected chi connectivity index (χ3v) is 5.71. The van der Waals surface area contributed by atoms with Crippen LogP contribution in [0.3, 0.4) is 0 Å². The molecule has 2 heterocycles. The molecular formula is C16H22ClN3O3S. The van der Waals surface area contributed by atoms with Crippen LogP contribution >= 0.6 is 12.4 Å². The summed E-state index contributed by atoms with van der Waals surface area (Å²) in [6.45, 7) is 4.33. The van der Waals surface area contributed by atoms with Gasteiger partial charge < -0.3 is 9.84 Å². The Labute approximate surface area is 148 Å². The predicted octanol–water partition coefficient (Wildman–Crippen LogP) is 2.43. The van der Waals surface area contributed by atoms with Crippen molar-refractivity contribution in [1.29, 1.82) is 0 Å². The topological polar surface area (TPSA) is 84.2 Å². The van der Waals surface area contributed by atoms with Crippen LogP contribution in [-0.2, 0) is 10.0 Å². The molecule has 6 nitrogen and oxygen atoms in total. The van der Waals surface area contributed by atoms with Gasteiger partial charge in [0.15, 0.2) is 5.76 Å². The van der Waals surface area contributed by atoms with Crippen LogP contribution in [0.5, 0.6) is 0 Å². The van der Waals surface area contributed by atoms with Crippen LogP contribution in [0.4, 0.5) is 0 Å². The summed E-state index contributed by atoms with van der Waals surface area (Å²) in [4.78, 5) is 0.212. The van der Waals surface area contributed by atoms with Gasteiger partial charge in [0.1, 0.15) is 0 Å². The van der Waals surface area contributed by atoms with Crippen molar-refractivity contribution in [3.63, 3.8) is 0 Å². The second kappa shape index (κ2) is 7.65. The fourth-order valence-corrected chi connectivity index (χ4v) is 4.29. The van der Waals surface area contributed by atoms with Crippen LogP contribution in [0.1, 0.15) is 19.8 Å². The molecule has 0 aliphatic carbocycles. The van der Waals surface area contributed by atoms with E-state index in [9.17, 15) is 8.42 Å². The van der Waals surface area contributed by atoms with E-state index >= 15 is 0 Å². The van der Waals surface area contributed by atoms with E-state index in [0.29, 0.717) is 17.9 Å². The third kappa shape index (κ3) is 4.16. The monoisotopic (exact) mass is 371 g/mol. The highest BCUT2D eigenvalue weighted by Gasteiger charge is 2.29. The van der Waals surface area contributed by atoms with Crippen molar-refractivity contribution in [2.45, 2.75) is 24.7 Å². The van der Waals surface area contributed by atoms with Crippen LogP contribution in [0.15, 0.2) is 45.9 Å². The molecule has 1 aromatic carbocycles. The van der Waals surface area contributed by atoms with Gasteiger partial charge in [-0.15, -0.1) is 12.4 Å². The average Bonchev–Trinajstić information content (AvgIpc) is 3.08. The Morgan fingerprint density at radius 1 is 1.33 bits per heavy atom. The molecule has 1 saturated heterocycles. The fourth-order valence-electron chi connectivity index (χ4n) is 2.88. The second-order valence-electron chi connectivity index (χ2n) is 6.29. The maximum atomic E-state index is 12.7. The van der Waals surface area contributed by atoms with Crippen molar-refractivity contribution >= 4 is 22.4 Å². The second-order valence-corrected chi connectivity index (χ2v) is 8.02. The summed E-state index contributed by atoms with van der Waals surface area (Å²) in [6.07, 6.45) is 3.57. The first-order chi connectivity index (χ1) is 11.0. The van der Waals surface area contributed by atoms with Crippen molar-refractivity contribution in [3.05, 3.63) is 36.5 Å². The molecule has 1 unspecified atom stereocenters. The van der Waals surface area contributed by atoms with Crippen LogP contribution in [0.2, 0.25) is 0 Å². The largest absolute Gasteiger partial charge is 0.356 e. The van der Waals surface area contributed by atoms with Gasteiger partial charge in [-0.1, -0.05) is 24.2 Å². The molecule has 0 bridgehead atoms. The van der Waals surface area contributed by atoms with Crippen LogP contribution in [0, 0.1) is 5.41 Å². The molecule has 3 rings (SSSR count). The lowest BCUT2D eigenvalue weighted by Crippen LogP contribution is -2.45. The van der Waals surface area contributed by atoms with Crippen LogP contribution in [0.25, 0.3) is 11.3 Å². The van der Waals surface area contributed by atoms with Gasteiger partial charge in [0.2, 0.25) is 10.0 Å². The molecular weight excluding hydrogens is 350 g/mol. The Hall–Kier alpha value is -1.41. The smallest absolute Gasteiger partial charge is 0.241 e. The molecule has 0 amide bonds. The van der Waals surface area contributed by atoms with Crippen LogP contribution in [-0.4, -0.2) is 33.2 Å². The first kappa shape index (κ1) is 18.9. The number of rotatable bonds is 5. The van der Waals surface area contributed by atoms with Crippen molar-refractivity contribution in [1.82, 2.24) is 15.2 Å². The number of benzene rings is 1. The van der Waals surface area contributed by atoms with E-state index in [1.165, 1.54) is 6.20 Å². The normalized spacial score (nSPS) is 21.2. The molecule has 132 valence electrons. The Balaban J connectivity index is 0.00000208. The first-order valence-corrected chi connectivity index (χ1v) is 9.19. The molecule has 0 spiro atoms. The highest BCUT2D eigenvalue weighted by molar-refractivity contribution is 7.89. The minimum atomic E-state index is -3.62. The van der Waals surface area contributed by atoms with E-state index in [1.807, 2.05) is 0 Å². The number of nitrogens with one attached hydrogen (secondary N) is 2. The van der Waals surface area contributed by atoms with Gasteiger partial charge >= 0.3 is 0 Å². The van der Waals surface area contributed by atoms with Crippen molar-refractivity contribution < 1.29 is 12.9 Å². The highest BCUT2D eigenvalue weighted by Crippen LogP contribution is 2.28. The maximum absolute atomic E-state index is 12.7. The lowest BCUT2D eigenvalue weighted by Gasteiger charge is -2.34. The van der Waals surface area contributed by atoms with Crippen molar-refractivity contribution in [2.24, 2.45) is 5.41 Å². The standard InChI is InChI=1S/C16H21N3O3S.ClH/c1-16(8-4-9-17-11-16)12-19-23(20,21)15-6-3-2-5-13(15)14-7-10-18-22-14;/h2-3,5-7,10,17,19H,4,8-9,11-12H2,1H3;1H. The Morgan fingerprint density at radius 3 is 2.79 bits per heavy atom. The number of aromatic nitrogens is 1. The molecule has 0 radical (unpaired) electrons. The minimum Gasteiger partial charge on any atom is -0.356 e. The SMILES string of the molecule is CC1(CNS(=O)(=O)c2ccccc2-c2ccno2)CCCNC1.Cl. The zero-order valence-corrected chi connectivity index (χ0v) is 15.1. The molecule has 8 heteroatoms. The van der Waals surface area contributed by atoms with Gasteiger partial charge in [0.25, 0.3) is 0 Å². The molecule has 1 aromatic heterocycles. The van der Waals surface area contributed by atoms with Crippen molar-refractivity contribution in [3.8, 4) is 11.3 Å². The molecule has 0 saturated carbocycles. The Bertz CT molecular complexity index is 757. The predicted molar refractivity (Wildman–Crippen MR) is 94.6 cm³/mol. The number of piperidine rings is 1. The molecule has 1 aliphatic rings. The molecule has 2 N–H and O–H groups in total. The van der Waals surface area contributed by atoms with E-state index in [1.54, 1.807) is 30.3 Å². The molecule has 1 fully saturated rings. The van der Waals surface area contributed by atoms with Gasteiger partial charge in [-0.05, 0) is 36.9 Å². The van der Waals surface area contributed by atoms with Crippen molar-refractivity contribution in [2.75, 3.05) is 19.6 Å². The average molecular weight is 372 g/mol. The van der Waals surface area contributed by atoms with E-state index in [4.69, 9.17) is 4.52 Å². The summed E-state index contributed by atoms with van der Waals surface area (Å²) in [5.41, 5.74) is 0.455. The molecule has 24 heavy (non-hydrogen) atoms. The lowest BCUT2D eigenvalue weighted by molar-refractivity contribution is 0.238. The van der Waals surface area contributed by atoms with Gasteiger partial charge in [-0.25, -0.2) is 13.1 Å². The number of hydrogen-bond donors (Lipinski definition) is 2. The van der Waals surface area contributed by atoms with Gasteiger partial charge in [0.05, 0.1) is 11.1 Å². The molecule has 2 aromatic rings. The zero-order valence-electron chi connectivity index (χ0n) is 13.5. The van der Waals surface area contributed by atoms with Gasteiger partial charge in [0, 0.05) is 24.7 Å². The quantitative estimate of drug-likeness (QED) is 0.843. The summed E-state index contributed by atoms with van der Waals surface area (Å²) >= 11 is 0. The lowest BCUT2D eigenvalue weighted by atomic mass is 9.83. The summed E-state index contributed by atoms with van der Waals surface area (Å²) in [5, 5.41) is 6.98. The fraction of sp³-hybridized carbons (Fsp3) is 0.438. The van der Waals surface area contributed by atoms with E-state index in [0.717, 1.165) is 25.9 Å². The van der Waals surface area contributed by atoms with Gasteiger partial charge in [-0.3, -0.25) is 0 Å².